The molecule has 0 aliphatic carbocycles. The molecule has 46 heavy (non-hydrogen) atoms. The summed E-state index contributed by atoms with van der Waals surface area (Å²) in [6, 6.07) is 39.2. The van der Waals surface area contributed by atoms with E-state index in [-0.39, 0.29) is 57.7 Å². The van der Waals surface area contributed by atoms with Crippen molar-refractivity contribution in [3.8, 4) is 0 Å². The normalized spacial score (nSPS) is 22.9. The molecular weight excluding hydrogens is 582 g/mol. The van der Waals surface area contributed by atoms with E-state index in [9.17, 15) is 9.59 Å². The number of rotatable bonds is 15. The molecule has 8 heteroatoms. The molecule has 0 bridgehead atoms. The van der Waals surface area contributed by atoms with Crippen molar-refractivity contribution in [2.24, 2.45) is 0 Å². The maximum Gasteiger partial charge on any atom is 0.232 e. The molecule has 2 fully saturated rings. The van der Waals surface area contributed by atoms with E-state index in [0.29, 0.717) is 6.61 Å². The average Bonchev–Trinajstić information content (AvgIpc) is 3.59. The number of ether oxygens (including phenoxy) is 5. The number of hydrogen-bond acceptors (Lipinski definition) is 7. The molecule has 4 aromatic rings. The van der Waals surface area contributed by atoms with E-state index < -0.39 is 24.0 Å². The second-order valence-electron chi connectivity index (χ2n) is 11.6. The monoisotopic (exact) mass is 621 g/mol. The first-order chi connectivity index (χ1) is 22.6. The largest absolute Gasteiger partial charge is 0.374 e. The summed E-state index contributed by atoms with van der Waals surface area (Å²) in [7, 11) is 0. The second-order valence-corrected chi connectivity index (χ2v) is 11.6. The Balaban J connectivity index is 1.34. The van der Waals surface area contributed by atoms with E-state index in [1.165, 1.54) is 4.90 Å². The zero-order valence-corrected chi connectivity index (χ0v) is 25.7. The lowest BCUT2D eigenvalue weighted by Crippen LogP contribution is -2.62. The highest BCUT2D eigenvalue weighted by atomic mass is 16.7. The van der Waals surface area contributed by atoms with Crippen LogP contribution < -0.4 is 0 Å². The fraction of sp³-hybridized carbons (Fsp3) is 0.316. The zero-order chi connectivity index (χ0) is 31.6. The molecule has 2 heterocycles. The van der Waals surface area contributed by atoms with Crippen molar-refractivity contribution < 1.29 is 33.3 Å². The summed E-state index contributed by atoms with van der Waals surface area (Å²) in [4.78, 5) is 28.2. The van der Waals surface area contributed by atoms with E-state index in [2.05, 4.69) is 0 Å². The number of likely N-dealkylation sites (tertiary alicyclic amines) is 1. The quantitative estimate of drug-likeness (QED) is 0.154. The van der Waals surface area contributed by atoms with Crippen molar-refractivity contribution in [1.82, 2.24) is 4.90 Å². The highest BCUT2D eigenvalue weighted by Gasteiger charge is 2.63. The third-order valence-electron chi connectivity index (χ3n) is 8.27. The van der Waals surface area contributed by atoms with Crippen LogP contribution in [-0.2, 0) is 59.7 Å². The zero-order valence-electron chi connectivity index (χ0n) is 25.7. The van der Waals surface area contributed by atoms with Gasteiger partial charge >= 0.3 is 0 Å². The molecule has 0 unspecified atom stereocenters. The molecule has 0 N–H and O–H groups in total. The van der Waals surface area contributed by atoms with Gasteiger partial charge in [-0.15, -0.1) is 0 Å². The van der Waals surface area contributed by atoms with E-state index in [1.807, 2.05) is 121 Å². The van der Waals surface area contributed by atoms with Crippen LogP contribution in [0.15, 0.2) is 121 Å². The summed E-state index contributed by atoms with van der Waals surface area (Å²) in [5.41, 5.74) is 2.30. The van der Waals surface area contributed by atoms with Crippen LogP contribution in [0.1, 0.15) is 35.1 Å². The maximum atomic E-state index is 13.5. The minimum Gasteiger partial charge on any atom is -0.374 e. The highest BCUT2D eigenvalue weighted by Crippen LogP contribution is 2.42. The van der Waals surface area contributed by atoms with Gasteiger partial charge in [0.1, 0.15) is 18.3 Å². The lowest BCUT2D eigenvalue weighted by molar-refractivity contribution is -0.223. The number of nitrogens with zero attached hydrogens (tertiary/aromatic N) is 1. The van der Waals surface area contributed by atoms with E-state index in [4.69, 9.17) is 23.7 Å². The molecule has 0 saturated carbocycles. The molecule has 6 rings (SSSR count). The van der Waals surface area contributed by atoms with Crippen LogP contribution in [0.2, 0.25) is 0 Å². The Morgan fingerprint density at radius 2 is 1.02 bits per heavy atom. The molecule has 2 aliphatic rings. The van der Waals surface area contributed by atoms with Gasteiger partial charge in [0.15, 0.2) is 0 Å². The van der Waals surface area contributed by atoms with Gasteiger partial charge in [-0.2, -0.15) is 0 Å². The van der Waals surface area contributed by atoms with E-state index in [0.717, 1.165) is 22.3 Å². The molecule has 2 amide bonds. The van der Waals surface area contributed by atoms with Crippen LogP contribution >= 0.6 is 0 Å². The van der Waals surface area contributed by atoms with Crippen LogP contribution in [0, 0.1) is 0 Å². The molecular formula is C38H39NO7. The summed E-state index contributed by atoms with van der Waals surface area (Å²) in [6.07, 6.45) is -2.04. The summed E-state index contributed by atoms with van der Waals surface area (Å²) >= 11 is 0. The molecule has 4 aromatic carbocycles. The molecule has 0 aromatic heterocycles. The Hall–Kier alpha value is -4.18. The van der Waals surface area contributed by atoms with Crippen molar-refractivity contribution in [1.29, 1.82) is 0 Å². The van der Waals surface area contributed by atoms with E-state index >= 15 is 0 Å². The minimum atomic E-state index is -1.57. The van der Waals surface area contributed by atoms with Gasteiger partial charge in [0.05, 0.1) is 39.6 Å². The molecule has 0 spiro atoms. The van der Waals surface area contributed by atoms with Crippen molar-refractivity contribution in [2.45, 2.75) is 63.3 Å². The van der Waals surface area contributed by atoms with Gasteiger partial charge in [-0.25, -0.2) is 4.90 Å². The number of amides is 2. The maximum absolute atomic E-state index is 13.5. The lowest BCUT2D eigenvalue weighted by Gasteiger charge is -2.40. The van der Waals surface area contributed by atoms with Gasteiger partial charge < -0.3 is 23.7 Å². The van der Waals surface area contributed by atoms with Gasteiger partial charge in [0.25, 0.3) is 0 Å². The predicted molar refractivity (Wildman–Crippen MR) is 171 cm³/mol. The minimum absolute atomic E-state index is 0.0960. The molecule has 2 aliphatic heterocycles. The fourth-order valence-corrected chi connectivity index (χ4v) is 6.04. The van der Waals surface area contributed by atoms with Crippen LogP contribution in [0.25, 0.3) is 0 Å². The summed E-state index contributed by atoms with van der Waals surface area (Å²) in [5.74, 6) is -0.649. The Morgan fingerprint density at radius 3 is 1.52 bits per heavy atom. The Labute approximate surface area is 269 Å². The summed E-state index contributed by atoms with van der Waals surface area (Å²) in [5, 5.41) is 0. The van der Waals surface area contributed by atoms with Crippen molar-refractivity contribution >= 4 is 11.8 Å². The second kappa shape index (κ2) is 15.4. The Bertz CT molecular complexity index is 1520. The predicted octanol–water partition coefficient (Wildman–Crippen LogP) is 5.83. The number of imide groups is 1. The van der Waals surface area contributed by atoms with Crippen molar-refractivity contribution in [2.75, 3.05) is 13.2 Å². The van der Waals surface area contributed by atoms with E-state index in [1.54, 1.807) is 0 Å². The summed E-state index contributed by atoms with van der Waals surface area (Å²) < 4.78 is 32.6. The topological polar surface area (TPSA) is 83.5 Å². The van der Waals surface area contributed by atoms with Gasteiger partial charge in [-0.3, -0.25) is 9.59 Å². The van der Waals surface area contributed by atoms with Crippen molar-refractivity contribution in [3.63, 3.8) is 0 Å². The van der Waals surface area contributed by atoms with Gasteiger partial charge in [-0.05, 0) is 22.3 Å². The van der Waals surface area contributed by atoms with Crippen LogP contribution in [0.5, 0.6) is 0 Å². The smallest absolute Gasteiger partial charge is 0.232 e. The standard InChI is InChI=1S/C38H39NO7/c40-34-21-22-35(41)39(34)38(28-43-24-30-15-7-2-8-16-30)37(45-26-32-19-11-4-12-20-32)36(44-25-31-17-9-3-10-18-31)33(46-38)27-42-23-29-13-5-1-6-14-29/h1-20,33,36-37H,21-28H2/t33-,36-,37+,38+/m1/s1. The van der Waals surface area contributed by atoms with Crippen LogP contribution in [-0.4, -0.2) is 54.0 Å². The Morgan fingerprint density at radius 1 is 0.587 bits per heavy atom. The number of carbonyl (C=O) groups is 2. The molecule has 4 atom stereocenters. The number of benzene rings is 4. The third-order valence-corrected chi connectivity index (χ3v) is 8.27. The summed E-state index contributed by atoms with van der Waals surface area (Å²) in [6.45, 7) is 1.17. The molecule has 8 nitrogen and oxygen atoms in total. The van der Waals surface area contributed by atoms with Gasteiger partial charge in [-0.1, -0.05) is 121 Å². The first-order valence-electron chi connectivity index (χ1n) is 15.7. The van der Waals surface area contributed by atoms with Gasteiger partial charge in [0.2, 0.25) is 17.5 Å². The molecule has 238 valence electrons. The third kappa shape index (κ3) is 7.61. The van der Waals surface area contributed by atoms with Crippen LogP contribution in [0.4, 0.5) is 0 Å². The first-order valence-corrected chi connectivity index (χ1v) is 15.7. The molecule has 2 saturated heterocycles. The van der Waals surface area contributed by atoms with Crippen LogP contribution in [0.3, 0.4) is 0 Å². The van der Waals surface area contributed by atoms with Crippen molar-refractivity contribution in [3.05, 3.63) is 144 Å². The lowest BCUT2D eigenvalue weighted by atomic mass is 10.0. The SMILES string of the molecule is O=C1CCC(=O)N1[C@@]1(COCc2ccccc2)O[C@H](COCc2ccccc2)[C@@H](OCc2ccccc2)[C@@H]1OCc1ccccc1. The van der Waals surface area contributed by atoms with Gasteiger partial charge in [0, 0.05) is 12.8 Å². The molecule has 0 radical (unpaired) electrons. The number of carbonyl (C=O) groups excluding carboxylic acids is 2. The fourth-order valence-electron chi connectivity index (χ4n) is 6.04. The number of hydrogen-bond donors (Lipinski definition) is 0. The highest BCUT2D eigenvalue weighted by molar-refractivity contribution is 6.02. The first kappa shape index (κ1) is 31.8. The Kier molecular flexibility index (Phi) is 10.6. The average molecular weight is 622 g/mol.